The van der Waals surface area contributed by atoms with Crippen molar-refractivity contribution in [3.8, 4) is 0 Å². The third kappa shape index (κ3) is 3.80. The van der Waals surface area contributed by atoms with E-state index in [1.165, 1.54) is 44.9 Å². The van der Waals surface area contributed by atoms with Crippen molar-refractivity contribution < 1.29 is 10.0 Å². The summed E-state index contributed by atoms with van der Waals surface area (Å²) in [5, 5.41) is 12.7. The highest BCUT2D eigenvalue weighted by molar-refractivity contribution is 6.07. The number of oxime groups is 1. The van der Waals surface area contributed by atoms with Gasteiger partial charge in [0.05, 0.1) is 5.71 Å². The van der Waals surface area contributed by atoms with Crippen LogP contribution in [0.1, 0.15) is 106 Å². The maximum absolute atomic E-state index is 13.3. The standard InChI is InChI=1S/C29H47NO2/c1-7-20(18(2)3)9-8-19(4)23-10-11-24-22-17-27(31)26-16-21(30-32)12-14-29(26,6)25(22)13-15-28(23,24)5/h16,18-20,22-25,32H,7-15,17H2,1-6H3/b30-21-/t19-,20-,22+,23-,24+,25+,28-,29-/m1/s1. The monoisotopic (exact) mass is 441 g/mol. The molecule has 0 unspecified atom stereocenters. The van der Waals surface area contributed by atoms with Gasteiger partial charge in [0.15, 0.2) is 5.78 Å². The Hall–Kier alpha value is -1.12. The highest BCUT2D eigenvalue weighted by Gasteiger charge is 2.60. The fraction of sp³-hybridized carbons (Fsp3) is 0.862. The highest BCUT2D eigenvalue weighted by atomic mass is 16.4. The van der Waals surface area contributed by atoms with Crippen LogP contribution in [0.15, 0.2) is 16.8 Å². The number of fused-ring (bicyclic) bond motifs is 5. The zero-order valence-electron chi connectivity index (χ0n) is 21.5. The molecule has 32 heavy (non-hydrogen) atoms. The number of allylic oxidation sites excluding steroid dienone is 2. The van der Waals surface area contributed by atoms with Gasteiger partial charge in [-0.25, -0.2) is 0 Å². The molecule has 1 N–H and O–H groups in total. The summed E-state index contributed by atoms with van der Waals surface area (Å²) in [6.45, 7) is 14.6. The van der Waals surface area contributed by atoms with E-state index in [0.29, 0.717) is 34.7 Å². The molecule has 180 valence electrons. The van der Waals surface area contributed by atoms with Crippen molar-refractivity contribution in [3.05, 3.63) is 11.6 Å². The molecule has 0 aromatic rings. The predicted octanol–water partition coefficient (Wildman–Crippen LogP) is 7.67. The molecular weight excluding hydrogens is 394 g/mol. The van der Waals surface area contributed by atoms with Crippen LogP contribution in [-0.4, -0.2) is 16.7 Å². The van der Waals surface area contributed by atoms with Crippen LogP contribution in [0.4, 0.5) is 0 Å². The van der Waals surface area contributed by atoms with E-state index < -0.39 is 0 Å². The second-order valence-corrected chi connectivity index (χ2v) is 12.8. The van der Waals surface area contributed by atoms with Crippen LogP contribution >= 0.6 is 0 Å². The van der Waals surface area contributed by atoms with E-state index in [0.717, 1.165) is 48.5 Å². The van der Waals surface area contributed by atoms with E-state index in [1.807, 2.05) is 6.08 Å². The lowest BCUT2D eigenvalue weighted by atomic mass is 9.46. The van der Waals surface area contributed by atoms with Gasteiger partial charge in [0.1, 0.15) is 0 Å². The Morgan fingerprint density at radius 1 is 1.09 bits per heavy atom. The van der Waals surface area contributed by atoms with Crippen molar-refractivity contribution in [2.24, 2.45) is 57.4 Å². The minimum atomic E-state index is -0.0230. The Balaban J connectivity index is 1.52. The average Bonchev–Trinajstić information content (AvgIpc) is 3.11. The molecule has 0 radical (unpaired) electrons. The molecule has 3 saturated carbocycles. The van der Waals surface area contributed by atoms with Gasteiger partial charge in [0.2, 0.25) is 0 Å². The largest absolute Gasteiger partial charge is 0.411 e. The lowest BCUT2D eigenvalue weighted by molar-refractivity contribution is -0.128. The Bertz CT molecular complexity index is 782. The molecule has 0 bridgehead atoms. The predicted molar refractivity (Wildman–Crippen MR) is 132 cm³/mol. The van der Waals surface area contributed by atoms with Crippen LogP contribution < -0.4 is 0 Å². The Kier molecular flexibility index (Phi) is 6.69. The van der Waals surface area contributed by atoms with E-state index in [-0.39, 0.29) is 5.41 Å². The van der Waals surface area contributed by atoms with Crippen molar-refractivity contribution in [2.45, 2.75) is 106 Å². The van der Waals surface area contributed by atoms with Crippen LogP contribution in [0.3, 0.4) is 0 Å². The molecule has 0 amide bonds. The molecule has 0 aliphatic heterocycles. The summed E-state index contributed by atoms with van der Waals surface area (Å²) in [4.78, 5) is 13.3. The van der Waals surface area contributed by atoms with Crippen LogP contribution in [0.2, 0.25) is 0 Å². The Labute approximate surface area is 196 Å². The summed E-state index contributed by atoms with van der Waals surface area (Å²) < 4.78 is 0. The molecule has 0 aromatic carbocycles. The van der Waals surface area contributed by atoms with Gasteiger partial charge in [-0.2, -0.15) is 0 Å². The average molecular weight is 442 g/mol. The molecule has 3 nitrogen and oxygen atoms in total. The highest BCUT2D eigenvalue weighted by Crippen LogP contribution is 2.67. The van der Waals surface area contributed by atoms with E-state index in [4.69, 9.17) is 0 Å². The van der Waals surface area contributed by atoms with Crippen LogP contribution in [0.25, 0.3) is 0 Å². The number of rotatable bonds is 6. The van der Waals surface area contributed by atoms with Gasteiger partial charge in [-0.3, -0.25) is 4.79 Å². The minimum absolute atomic E-state index is 0.0230. The van der Waals surface area contributed by atoms with Gasteiger partial charge in [-0.15, -0.1) is 0 Å². The van der Waals surface area contributed by atoms with E-state index >= 15 is 0 Å². The maximum Gasteiger partial charge on any atom is 0.159 e. The molecule has 8 atom stereocenters. The van der Waals surface area contributed by atoms with Gasteiger partial charge >= 0.3 is 0 Å². The Morgan fingerprint density at radius 2 is 1.84 bits per heavy atom. The molecule has 0 spiro atoms. The Morgan fingerprint density at radius 3 is 2.50 bits per heavy atom. The van der Waals surface area contributed by atoms with E-state index in [2.05, 4.69) is 46.7 Å². The molecule has 4 aliphatic rings. The van der Waals surface area contributed by atoms with Gasteiger partial charge in [0, 0.05) is 12.0 Å². The smallest absolute Gasteiger partial charge is 0.159 e. The summed E-state index contributed by atoms with van der Waals surface area (Å²) in [7, 11) is 0. The molecule has 0 aromatic heterocycles. The normalized spacial score (nSPS) is 42.3. The molecular formula is C29H47NO2. The molecule has 4 aliphatic carbocycles. The number of hydrogen-bond acceptors (Lipinski definition) is 3. The third-order valence-electron chi connectivity index (χ3n) is 11.2. The van der Waals surface area contributed by atoms with Gasteiger partial charge < -0.3 is 5.21 Å². The molecule has 0 heterocycles. The van der Waals surface area contributed by atoms with Crippen molar-refractivity contribution in [3.63, 3.8) is 0 Å². The quantitative estimate of drug-likeness (QED) is 0.339. The second kappa shape index (κ2) is 8.91. The lowest BCUT2D eigenvalue weighted by Gasteiger charge is -2.58. The van der Waals surface area contributed by atoms with E-state index in [1.54, 1.807) is 0 Å². The number of hydrogen-bond donors (Lipinski definition) is 1. The van der Waals surface area contributed by atoms with Crippen molar-refractivity contribution in [1.82, 2.24) is 0 Å². The van der Waals surface area contributed by atoms with Crippen molar-refractivity contribution in [1.29, 1.82) is 0 Å². The van der Waals surface area contributed by atoms with Gasteiger partial charge in [0.25, 0.3) is 0 Å². The fourth-order valence-corrected chi connectivity index (χ4v) is 9.14. The summed E-state index contributed by atoms with van der Waals surface area (Å²) >= 11 is 0. The molecule has 3 fully saturated rings. The van der Waals surface area contributed by atoms with Crippen LogP contribution in [-0.2, 0) is 4.79 Å². The van der Waals surface area contributed by atoms with Crippen molar-refractivity contribution >= 4 is 11.5 Å². The first-order valence-corrected chi connectivity index (χ1v) is 13.6. The van der Waals surface area contributed by atoms with Crippen LogP contribution in [0.5, 0.6) is 0 Å². The number of ketones is 1. The molecule has 4 rings (SSSR count). The van der Waals surface area contributed by atoms with Crippen molar-refractivity contribution in [2.75, 3.05) is 0 Å². The number of carbonyl (C=O) groups is 1. The van der Waals surface area contributed by atoms with Gasteiger partial charge in [-0.1, -0.05) is 59.5 Å². The number of nitrogens with zero attached hydrogens (tertiary/aromatic N) is 1. The number of carbonyl (C=O) groups excluding carboxylic acids is 1. The van der Waals surface area contributed by atoms with Gasteiger partial charge in [-0.05, 0) is 103 Å². The minimum Gasteiger partial charge on any atom is -0.411 e. The first kappa shape index (κ1) is 24.0. The topological polar surface area (TPSA) is 49.7 Å². The third-order valence-corrected chi connectivity index (χ3v) is 11.2. The molecule has 0 saturated heterocycles. The zero-order valence-corrected chi connectivity index (χ0v) is 21.5. The summed E-state index contributed by atoms with van der Waals surface area (Å²) in [5.41, 5.74) is 2.03. The first-order valence-electron chi connectivity index (χ1n) is 13.6. The summed E-state index contributed by atoms with van der Waals surface area (Å²) in [5.74, 6) is 5.45. The first-order chi connectivity index (χ1) is 15.2. The zero-order chi connectivity index (χ0) is 23.3. The summed E-state index contributed by atoms with van der Waals surface area (Å²) in [6, 6.07) is 0. The molecule has 3 heteroatoms. The second-order valence-electron chi connectivity index (χ2n) is 12.8. The number of Topliss-reactive ketones (excluding diaryl/α,β-unsaturated/α-hetero) is 1. The lowest BCUT2D eigenvalue weighted by Crippen LogP contribution is -2.53. The summed E-state index contributed by atoms with van der Waals surface area (Å²) in [6.07, 6.45) is 13.7. The fourth-order valence-electron chi connectivity index (χ4n) is 9.14. The van der Waals surface area contributed by atoms with E-state index in [9.17, 15) is 10.0 Å². The maximum atomic E-state index is 13.3. The van der Waals surface area contributed by atoms with Crippen LogP contribution in [0, 0.1) is 52.3 Å². The SMILES string of the molecule is CC[C@H](CC[C@@H](C)[C@H]1CC[C@H]2[C@@H]3CC(=O)C4=C/C(=N\O)CC[C@]4(C)[C@H]3CC[C@]12C)C(C)C.